The number of carbonyl (C=O) groups is 1. The number of nitrogens with one attached hydrogen (secondary N) is 2. The van der Waals surface area contributed by atoms with E-state index in [2.05, 4.69) is 32.1 Å². The minimum absolute atomic E-state index is 0.0272. The summed E-state index contributed by atoms with van der Waals surface area (Å²) in [4.78, 5) is 35.8. The van der Waals surface area contributed by atoms with Gasteiger partial charge in [0.05, 0.1) is 34.8 Å². The molecule has 3 aromatic rings. The van der Waals surface area contributed by atoms with Gasteiger partial charge in [-0.2, -0.15) is 0 Å². The molecule has 37 heavy (non-hydrogen) atoms. The predicted molar refractivity (Wildman–Crippen MR) is 145 cm³/mol. The van der Waals surface area contributed by atoms with Crippen molar-refractivity contribution in [1.82, 2.24) is 14.9 Å². The van der Waals surface area contributed by atoms with Crippen molar-refractivity contribution in [2.24, 2.45) is 0 Å². The summed E-state index contributed by atoms with van der Waals surface area (Å²) < 4.78 is 5.63. The second-order valence-corrected chi connectivity index (χ2v) is 8.59. The van der Waals surface area contributed by atoms with E-state index in [0.717, 1.165) is 24.3 Å². The Morgan fingerprint density at radius 3 is 2.62 bits per heavy atom. The van der Waals surface area contributed by atoms with Crippen LogP contribution < -0.4 is 20.3 Å². The largest absolute Gasteiger partial charge is 0.494 e. The zero-order valence-electron chi connectivity index (χ0n) is 21.4. The van der Waals surface area contributed by atoms with E-state index in [1.807, 2.05) is 38.2 Å². The quantitative estimate of drug-likeness (QED) is 0.214. The molecule has 0 aliphatic heterocycles. The first kappa shape index (κ1) is 27.1. The molecule has 0 aliphatic carbocycles. The van der Waals surface area contributed by atoms with Crippen LogP contribution in [-0.4, -0.2) is 67.0 Å². The number of methoxy groups -OCH3 is 1. The fourth-order valence-corrected chi connectivity index (χ4v) is 3.57. The number of rotatable bonds is 12. The molecule has 0 saturated heterocycles. The Kier molecular flexibility index (Phi) is 9.11. The predicted octanol–water partition coefficient (Wildman–Crippen LogP) is 3.85. The summed E-state index contributed by atoms with van der Waals surface area (Å²) in [6.45, 7) is 5.09. The number of ether oxygens (including phenoxy) is 1. The highest BCUT2D eigenvalue weighted by atomic mass is 16.6. The first-order valence-electron chi connectivity index (χ1n) is 11.5. The molecule has 1 amide bonds. The Bertz CT molecular complexity index is 1280. The van der Waals surface area contributed by atoms with Crippen LogP contribution in [0.5, 0.6) is 5.75 Å². The molecule has 194 valence electrons. The maximum Gasteiger partial charge on any atom is 0.269 e. The maximum atomic E-state index is 12.2. The molecule has 11 heteroatoms. The first-order chi connectivity index (χ1) is 17.7. The Labute approximate surface area is 215 Å². The summed E-state index contributed by atoms with van der Waals surface area (Å²) in [6.07, 6.45) is 3.21. The molecule has 0 saturated carbocycles. The second-order valence-electron chi connectivity index (χ2n) is 8.59. The molecule has 11 nitrogen and oxygen atoms in total. The molecular weight excluding hydrogens is 474 g/mol. The lowest BCUT2D eigenvalue weighted by atomic mass is 10.1. The smallest absolute Gasteiger partial charge is 0.269 e. The summed E-state index contributed by atoms with van der Waals surface area (Å²) in [5.41, 5.74) is 3.37. The van der Waals surface area contributed by atoms with Gasteiger partial charge in [0.15, 0.2) is 0 Å². The highest BCUT2D eigenvalue weighted by Crippen LogP contribution is 2.37. The average molecular weight is 506 g/mol. The van der Waals surface area contributed by atoms with Crippen molar-refractivity contribution in [3.8, 4) is 5.75 Å². The third-order valence-corrected chi connectivity index (χ3v) is 5.52. The normalized spacial score (nSPS) is 10.6. The van der Waals surface area contributed by atoms with E-state index in [1.165, 1.54) is 18.2 Å². The van der Waals surface area contributed by atoms with E-state index in [4.69, 9.17) is 4.74 Å². The standard InChI is InChI=1S/C26H31N7O4/c1-6-25(34)29-21-16-22(24(37-5)17-23(21)32(4)13-12-31(2)3)30-26-27-11-10-19(28-26)14-18-8-7-9-20(15-18)33(35)36/h6-11,15-17H,1,12-14H2,2-5H3,(H,29,34)(H,27,28,30). The Hall–Kier alpha value is -4.51. The number of nitro groups is 1. The fourth-order valence-electron chi connectivity index (χ4n) is 3.57. The van der Waals surface area contributed by atoms with Gasteiger partial charge in [0.2, 0.25) is 11.9 Å². The lowest BCUT2D eigenvalue weighted by Gasteiger charge is -2.26. The van der Waals surface area contributed by atoms with Crippen molar-refractivity contribution in [3.63, 3.8) is 0 Å². The van der Waals surface area contributed by atoms with Crippen LogP contribution in [0.4, 0.5) is 28.7 Å². The number of hydrogen-bond donors (Lipinski definition) is 2. The summed E-state index contributed by atoms with van der Waals surface area (Å²) in [6, 6.07) is 11.8. The molecule has 3 rings (SSSR count). The van der Waals surface area contributed by atoms with Crippen molar-refractivity contribution < 1.29 is 14.5 Å². The van der Waals surface area contributed by atoms with E-state index in [1.54, 1.807) is 31.5 Å². The van der Waals surface area contributed by atoms with Crippen molar-refractivity contribution in [2.75, 3.05) is 56.9 Å². The molecule has 1 aromatic heterocycles. The fraction of sp³-hybridized carbons (Fsp3) is 0.269. The number of likely N-dealkylation sites (N-methyl/N-ethyl adjacent to an activating group) is 2. The highest BCUT2D eigenvalue weighted by molar-refractivity contribution is 6.02. The van der Waals surface area contributed by atoms with Crippen LogP contribution >= 0.6 is 0 Å². The van der Waals surface area contributed by atoms with E-state index >= 15 is 0 Å². The van der Waals surface area contributed by atoms with Gasteiger partial charge in [0.1, 0.15) is 5.75 Å². The number of non-ortho nitro benzene ring substituents is 1. The molecule has 2 aromatic carbocycles. The minimum atomic E-state index is -0.424. The van der Waals surface area contributed by atoms with Gasteiger partial charge in [-0.25, -0.2) is 9.97 Å². The number of amides is 1. The molecule has 1 heterocycles. The zero-order chi connectivity index (χ0) is 26.9. The Balaban J connectivity index is 1.91. The molecule has 0 fully saturated rings. The van der Waals surface area contributed by atoms with Crippen molar-refractivity contribution in [1.29, 1.82) is 0 Å². The van der Waals surface area contributed by atoms with Gasteiger partial charge in [0, 0.05) is 51.0 Å². The molecule has 0 spiro atoms. The topological polar surface area (TPSA) is 126 Å². The Morgan fingerprint density at radius 2 is 1.95 bits per heavy atom. The number of aromatic nitrogens is 2. The second kappa shape index (κ2) is 12.5. The van der Waals surface area contributed by atoms with Gasteiger partial charge < -0.3 is 25.2 Å². The maximum absolute atomic E-state index is 12.2. The summed E-state index contributed by atoms with van der Waals surface area (Å²) in [5, 5.41) is 17.1. The SMILES string of the molecule is C=CC(=O)Nc1cc(Nc2nccc(Cc3cccc([N+](=O)[O-])c3)n2)c(OC)cc1N(C)CCN(C)C. The average Bonchev–Trinajstić information content (AvgIpc) is 2.87. The summed E-state index contributed by atoms with van der Waals surface area (Å²) >= 11 is 0. The van der Waals surface area contributed by atoms with Crippen LogP contribution in [0, 0.1) is 10.1 Å². The highest BCUT2D eigenvalue weighted by Gasteiger charge is 2.17. The van der Waals surface area contributed by atoms with Crippen molar-refractivity contribution >= 4 is 34.6 Å². The number of nitro benzene ring substituents is 1. The van der Waals surface area contributed by atoms with E-state index in [0.29, 0.717) is 35.2 Å². The lowest BCUT2D eigenvalue weighted by molar-refractivity contribution is -0.384. The lowest BCUT2D eigenvalue weighted by Crippen LogP contribution is -2.29. The van der Waals surface area contributed by atoms with Crippen LogP contribution in [0.25, 0.3) is 0 Å². The molecule has 0 radical (unpaired) electrons. The van der Waals surface area contributed by atoms with E-state index < -0.39 is 4.92 Å². The molecule has 0 unspecified atom stereocenters. The van der Waals surface area contributed by atoms with Gasteiger partial charge in [-0.1, -0.05) is 18.7 Å². The minimum Gasteiger partial charge on any atom is -0.494 e. The van der Waals surface area contributed by atoms with Crippen LogP contribution in [0.1, 0.15) is 11.3 Å². The van der Waals surface area contributed by atoms with Crippen LogP contribution in [0.2, 0.25) is 0 Å². The van der Waals surface area contributed by atoms with Gasteiger partial charge in [-0.15, -0.1) is 0 Å². The number of carbonyl (C=O) groups excluding carboxylic acids is 1. The third-order valence-electron chi connectivity index (χ3n) is 5.52. The van der Waals surface area contributed by atoms with E-state index in [9.17, 15) is 14.9 Å². The summed E-state index contributed by atoms with van der Waals surface area (Å²) in [7, 11) is 7.49. The third kappa shape index (κ3) is 7.48. The number of anilines is 4. The van der Waals surface area contributed by atoms with Gasteiger partial charge in [-0.3, -0.25) is 14.9 Å². The van der Waals surface area contributed by atoms with Crippen molar-refractivity contribution in [2.45, 2.75) is 6.42 Å². The monoisotopic (exact) mass is 505 g/mol. The van der Waals surface area contributed by atoms with Gasteiger partial charge in [-0.05, 0) is 37.9 Å². The zero-order valence-corrected chi connectivity index (χ0v) is 21.4. The Morgan fingerprint density at radius 1 is 1.16 bits per heavy atom. The molecular formula is C26H31N7O4. The number of benzene rings is 2. The molecule has 2 N–H and O–H groups in total. The molecule has 0 aliphatic rings. The number of hydrogen-bond acceptors (Lipinski definition) is 9. The van der Waals surface area contributed by atoms with Crippen LogP contribution in [0.3, 0.4) is 0 Å². The molecule has 0 atom stereocenters. The van der Waals surface area contributed by atoms with Crippen LogP contribution in [0.15, 0.2) is 61.3 Å². The van der Waals surface area contributed by atoms with Gasteiger partial charge in [0.25, 0.3) is 5.69 Å². The van der Waals surface area contributed by atoms with Crippen LogP contribution in [-0.2, 0) is 11.2 Å². The molecule has 0 bridgehead atoms. The first-order valence-corrected chi connectivity index (χ1v) is 11.5. The van der Waals surface area contributed by atoms with E-state index in [-0.39, 0.29) is 11.6 Å². The van der Waals surface area contributed by atoms with Gasteiger partial charge >= 0.3 is 0 Å². The van der Waals surface area contributed by atoms with Crippen molar-refractivity contribution in [3.05, 3.63) is 82.7 Å². The summed E-state index contributed by atoms with van der Waals surface area (Å²) in [5.74, 6) is 0.514. The number of nitrogens with zero attached hydrogens (tertiary/aromatic N) is 5.